The van der Waals surface area contributed by atoms with E-state index in [-0.39, 0.29) is 23.4 Å². The average Bonchev–Trinajstić information content (AvgIpc) is 3.27. The van der Waals surface area contributed by atoms with Crippen LogP contribution in [0.1, 0.15) is 30.9 Å². The second-order valence-corrected chi connectivity index (χ2v) is 9.43. The molecule has 2 saturated heterocycles. The van der Waals surface area contributed by atoms with Gasteiger partial charge in [0.15, 0.2) is 5.82 Å². The first kappa shape index (κ1) is 25.9. The first-order valence-electron chi connectivity index (χ1n) is 12.6. The number of aromatic nitrogens is 3. The quantitative estimate of drug-likeness (QED) is 0.313. The van der Waals surface area contributed by atoms with Crippen molar-refractivity contribution in [3.63, 3.8) is 0 Å². The number of hydrogen-bond donors (Lipinski definition) is 6. The van der Waals surface area contributed by atoms with Crippen LogP contribution in [0.5, 0.6) is 17.5 Å². The van der Waals surface area contributed by atoms with Gasteiger partial charge in [-0.2, -0.15) is 0 Å². The zero-order valence-electron chi connectivity index (χ0n) is 21.0. The van der Waals surface area contributed by atoms with E-state index in [1.807, 2.05) is 38.1 Å². The molecule has 194 valence electrons. The van der Waals surface area contributed by atoms with Gasteiger partial charge in [0.25, 0.3) is 0 Å². The summed E-state index contributed by atoms with van der Waals surface area (Å²) in [4.78, 5) is 2.40. The van der Waals surface area contributed by atoms with Crippen LogP contribution in [0.25, 0.3) is 17.1 Å². The molecular weight excluding hydrogens is 458 g/mol. The fourth-order valence-electron chi connectivity index (χ4n) is 4.41. The lowest BCUT2D eigenvalue weighted by atomic mass is 9.98. The van der Waals surface area contributed by atoms with Gasteiger partial charge >= 0.3 is 6.01 Å². The predicted molar refractivity (Wildman–Crippen MR) is 140 cm³/mol. The van der Waals surface area contributed by atoms with Gasteiger partial charge in [-0.3, -0.25) is 4.90 Å². The highest BCUT2D eigenvalue weighted by Crippen LogP contribution is 2.38. The second kappa shape index (κ2) is 12.2. The molecule has 10 nitrogen and oxygen atoms in total. The maximum atomic E-state index is 10.4. The molecule has 0 spiro atoms. The summed E-state index contributed by atoms with van der Waals surface area (Å²) in [6.45, 7) is 13.4. The van der Waals surface area contributed by atoms with Crippen LogP contribution in [0, 0.1) is 0 Å². The minimum atomic E-state index is -0.265. The van der Waals surface area contributed by atoms with Crippen LogP contribution in [0.2, 0.25) is 0 Å². The lowest BCUT2D eigenvalue weighted by Gasteiger charge is -2.27. The SMILES string of the molecule is C1CNCCN1.CC(C)c1cc(-c2nnc(O)n2-c2ccc(CN3CCNCC3)cc2)c(O)cc1O. The molecule has 0 unspecified atom stereocenters. The molecule has 1 aromatic heterocycles. The number of rotatable bonds is 5. The molecule has 2 aromatic carbocycles. The van der Waals surface area contributed by atoms with Crippen molar-refractivity contribution in [3.05, 3.63) is 47.5 Å². The summed E-state index contributed by atoms with van der Waals surface area (Å²) >= 11 is 0. The molecule has 2 fully saturated rings. The van der Waals surface area contributed by atoms with Crippen LogP contribution < -0.4 is 16.0 Å². The minimum Gasteiger partial charge on any atom is -0.508 e. The Morgan fingerprint density at radius 2 is 1.42 bits per heavy atom. The largest absolute Gasteiger partial charge is 0.508 e. The lowest BCUT2D eigenvalue weighted by molar-refractivity contribution is 0.233. The maximum Gasteiger partial charge on any atom is 0.319 e. The monoisotopic (exact) mass is 495 g/mol. The molecule has 0 saturated carbocycles. The Labute approximate surface area is 212 Å². The van der Waals surface area contributed by atoms with Gasteiger partial charge in [0.1, 0.15) is 11.5 Å². The van der Waals surface area contributed by atoms with E-state index >= 15 is 0 Å². The molecule has 2 aliphatic heterocycles. The number of nitrogens with zero attached hydrogens (tertiary/aromatic N) is 4. The molecule has 0 bridgehead atoms. The molecule has 0 aliphatic carbocycles. The third-order valence-electron chi connectivity index (χ3n) is 6.42. The Morgan fingerprint density at radius 3 is 2.00 bits per heavy atom. The predicted octanol–water partition coefficient (Wildman–Crippen LogP) is 1.76. The van der Waals surface area contributed by atoms with Crippen LogP contribution in [0.3, 0.4) is 0 Å². The summed E-state index contributed by atoms with van der Waals surface area (Å²) in [6, 6.07) is 10.6. The van der Waals surface area contributed by atoms with Crippen molar-refractivity contribution in [2.24, 2.45) is 0 Å². The number of hydrogen-bond acceptors (Lipinski definition) is 9. The number of nitrogens with one attached hydrogen (secondary N) is 3. The molecule has 0 radical (unpaired) electrons. The Bertz CT molecular complexity index is 1110. The lowest BCUT2D eigenvalue weighted by Crippen LogP contribution is -2.42. The van der Waals surface area contributed by atoms with E-state index in [9.17, 15) is 15.3 Å². The topological polar surface area (TPSA) is 131 Å². The molecular formula is C26H37N7O3. The van der Waals surface area contributed by atoms with E-state index in [1.165, 1.54) is 16.2 Å². The average molecular weight is 496 g/mol. The van der Waals surface area contributed by atoms with E-state index in [2.05, 4.69) is 31.0 Å². The number of phenols is 2. The maximum absolute atomic E-state index is 10.4. The Morgan fingerprint density at radius 1 is 0.806 bits per heavy atom. The highest BCUT2D eigenvalue weighted by atomic mass is 16.3. The molecule has 0 atom stereocenters. The van der Waals surface area contributed by atoms with Crippen LogP contribution >= 0.6 is 0 Å². The zero-order chi connectivity index (χ0) is 25.5. The fraction of sp³-hybridized carbons (Fsp3) is 0.462. The summed E-state index contributed by atoms with van der Waals surface area (Å²) in [6.07, 6.45) is 0. The van der Waals surface area contributed by atoms with E-state index < -0.39 is 0 Å². The Kier molecular flexibility index (Phi) is 8.76. The molecule has 3 heterocycles. The molecule has 0 amide bonds. The smallest absolute Gasteiger partial charge is 0.319 e. The summed E-state index contributed by atoms with van der Waals surface area (Å²) in [7, 11) is 0. The summed E-state index contributed by atoms with van der Waals surface area (Å²) in [5, 5.41) is 48.6. The first-order chi connectivity index (χ1) is 17.4. The van der Waals surface area contributed by atoms with Crippen molar-refractivity contribution in [2.45, 2.75) is 26.3 Å². The molecule has 2 aliphatic rings. The Hall–Kier alpha value is -3.18. The number of piperazine rings is 2. The second-order valence-electron chi connectivity index (χ2n) is 9.43. The van der Waals surface area contributed by atoms with Gasteiger partial charge in [-0.25, -0.2) is 4.57 Å². The van der Waals surface area contributed by atoms with Gasteiger partial charge in [0.05, 0.1) is 11.3 Å². The van der Waals surface area contributed by atoms with E-state index in [4.69, 9.17) is 0 Å². The van der Waals surface area contributed by atoms with Crippen molar-refractivity contribution in [2.75, 3.05) is 52.4 Å². The highest BCUT2D eigenvalue weighted by Gasteiger charge is 2.21. The highest BCUT2D eigenvalue weighted by molar-refractivity contribution is 5.69. The standard InChI is InChI=1S/C22H27N5O3.C4H10N2/c1-14(2)17-11-18(20(29)12-19(17)28)21-24-25-22(30)27(21)16-5-3-15(4-6-16)13-26-9-7-23-8-10-26;1-2-6-4-3-5-1/h3-6,11-12,14,23,28-29H,7-10,13H2,1-2H3,(H,25,30);5-6H,1-4H2. The zero-order valence-corrected chi connectivity index (χ0v) is 21.0. The van der Waals surface area contributed by atoms with Gasteiger partial charge in [0, 0.05) is 65.0 Å². The fourth-order valence-corrected chi connectivity index (χ4v) is 4.41. The van der Waals surface area contributed by atoms with E-state index in [0.717, 1.165) is 58.9 Å². The molecule has 36 heavy (non-hydrogen) atoms. The van der Waals surface area contributed by atoms with Gasteiger partial charge < -0.3 is 31.3 Å². The normalized spacial score (nSPS) is 16.5. The molecule has 5 rings (SSSR count). The molecule has 6 N–H and O–H groups in total. The number of benzene rings is 2. The van der Waals surface area contributed by atoms with Gasteiger partial charge in [-0.1, -0.05) is 31.1 Å². The summed E-state index contributed by atoms with van der Waals surface area (Å²) in [5.74, 6) is 0.264. The van der Waals surface area contributed by atoms with Crippen molar-refractivity contribution < 1.29 is 15.3 Å². The van der Waals surface area contributed by atoms with Gasteiger partial charge in [-0.15, -0.1) is 5.10 Å². The summed E-state index contributed by atoms with van der Waals surface area (Å²) < 4.78 is 1.49. The number of phenolic OH excluding ortho intramolecular Hbond substituents is 2. The van der Waals surface area contributed by atoms with Crippen molar-refractivity contribution >= 4 is 0 Å². The molecule has 3 aromatic rings. The third kappa shape index (κ3) is 6.33. The minimum absolute atomic E-state index is 0.0267. The van der Waals surface area contributed by atoms with Crippen LogP contribution in [-0.4, -0.2) is 87.3 Å². The van der Waals surface area contributed by atoms with Crippen molar-refractivity contribution in [1.29, 1.82) is 0 Å². The van der Waals surface area contributed by atoms with Crippen LogP contribution in [0.15, 0.2) is 36.4 Å². The summed E-state index contributed by atoms with van der Waals surface area (Å²) in [5.41, 5.74) is 2.96. The van der Waals surface area contributed by atoms with Gasteiger partial charge in [-0.05, 0) is 35.2 Å². The van der Waals surface area contributed by atoms with Crippen molar-refractivity contribution in [3.8, 4) is 34.6 Å². The van der Waals surface area contributed by atoms with E-state index in [1.54, 1.807) is 6.07 Å². The number of aromatic hydroxyl groups is 3. The van der Waals surface area contributed by atoms with Crippen LogP contribution in [0.4, 0.5) is 0 Å². The van der Waals surface area contributed by atoms with Crippen LogP contribution in [-0.2, 0) is 6.54 Å². The Balaban J connectivity index is 0.000000445. The van der Waals surface area contributed by atoms with Crippen molar-refractivity contribution in [1.82, 2.24) is 35.6 Å². The van der Waals surface area contributed by atoms with E-state index in [0.29, 0.717) is 22.6 Å². The third-order valence-corrected chi connectivity index (χ3v) is 6.42. The first-order valence-corrected chi connectivity index (χ1v) is 12.6. The molecule has 10 heteroatoms. The van der Waals surface area contributed by atoms with Gasteiger partial charge in [0.2, 0.25) is 0 Å².